The topological polar surface area (TPSA) is 69.6 Å². The van der Waals surface area contributed by atoms with Gasteiger partial charge in [-0.05, 0) is 49.2 Å². The number of aryl methyl sites for hydroxylation is 1. The van der Waals surface area contributed by atoms with Gasteiger partial charge in [-0.25, -0.2) is 22.8 Å². The highest BCUT2D eigenvalue weighted by atomic mass is 32.2. The van der Waals surface area contributed by atoms with Gasteiger partial charge in [0.2, 0.25) is 10.0 Å². The summed E-state index contributed by atoms with van der Waals surface area (Å²) in [7, 11) is -3.65. The van der Waals surface area contributed by atoms with Crippen LogP contribution in [0, 0.1) is 5.82 Å². The van der Waals surface area contributed by atoms with Crippen molar-refractivity contribution in [2.24, 2.45) is 0 Å². The first-order valence-electron chi connectivity index (χ1n) is 11.9. The van der Waals surface area contributed by atoms with Crippen molar-refractivity contribution in [3.8, 4) is 0 Å². The molecule has 0 atom stereocenters. The van der Waals surface area contributed by atoms with Gasteiger partial charge in [-0.2, -0.15) is 4.31 Å². The first kappa shape index (κ1) is 23.6. The molecule has 5 rings (SSSR count). The average Bonchev–Trinajstić information content (AvgIpc) is 3.21. The minimum Gasteiger partial charge on any atom is -0.353 e. The van der Waals surface area contributed by atoms with Gasteiger partial charge in [-0.3, -0.25) is 4.90 Å². The quantitative estimate of drug-likeness (QED) is 0.511. The third-order valence-electron chi connectivity index (χ3n) is 6.72. The highest BCUT2D eigenvalue weighted by molar-refractivity contribution is 7.89. The van der Waals surface area contributed by atoms with Crippen LogP contribution in [0.15, 0.2) is 29.2 Å². The molecule has 34 heavy (non-hydrogen) atoms. The third-order valence-corrected chi connectivity index (χ3v) is 9.74. The molecule has 4 heterocycles. The largest absolute Gasteiger partial charge is 0.353 e. The average molecular weight is 504 g/mol. The van der Waals surface area contributed by atoms with Crippen LogP contribution in [0.3, 0.4) is 0 Å². The molecule has 0 radical (unpaired) electrons. The molecule has 182 valence electrons. The number of piperazine rings is 1. The van der Waals surface area contributed by atoms with Gasteiger partial charge >= 0.3 is 0 Å². The number of aromatic nitrogens is 2. The Morgan fingerprint density at radius 3 is 2.44 bits per heavy atom. The Kier molecular flexibility index (Phi) is 6.58. The zero-order valence-electron chi connectivity index (χ0n) is 19.6. The number of nitrogens with zero attached hydrogens (tertiary/aromatic N) is 5. The predicted octanol–water partition coefficient (Wildman–Crippen LogP) is 3.67. The van der Waals surface area contributed by atoms with Crippen LogP contribution in [0.5, 0.6) is 0 Å². The van der Waals surface area contributed by atoms with Crippen LogP contribution in [0.25, 0.3) is 10.2 Å². The van der Waals surface area contributed by atoms with Crippen molar-refractivity contribution in [2.75, 3.05) is 44.2 Å². The van der Waals surface area contributed by atoms with Gasteiger partial charge in [0.1, 0.15) is 22.3 Å². The maximum absolute atomic E-state index is 13.3. The summed E-state index contributed by atoms with van der Waals surface area (Å²) in [5, 5.41) is 1.16. The molecular weight excluding hydrogens is 473 g/mol. The van der Waals surface area contributed by atoms with Crippen molar-refractivity contribution in [1.82, 2.24) is 19.2 Å². The van der Waals surface area contributed by atoms with Crippen LogP contribution >= 0.6 is 11.3 Å². The standard InChI is InChI=1S/C24H30FN5O2S2/c1-3-5-21-26-23(22-19-10-11-28(4-2)16-20(19)33-24(22)27-21)29-12-14-30(15-13-29)34(31,32)18-8-6-17(25)7-9-18/h6-9H,3-5,10-16H2,1-2H3. The molecule has 0 amide bonds. The highest BCUT2D eigenvalue weighted by Gasteiger charge is 2.31. The molecule has 2 aliphatic rings. The van der Waals surface area contributed by atoms with E-state index in [9.17, 15) is 12.8 Å². The van der Waals surface area contributed by atoms with Crippen molar-refractivity contribution in [2.45, 2.75) is 44.6 Å². The number of rotatable bonds is 6. The van der Waals surface area contributed by atoms with E-state index in [0.717, 1.165) is 60.8 Å². The number of thiophene rings is 1. The van der Waals surface area contributed by atoms with E-state index in [2.05, 4.69) is 23.6 Å². The summed E-state index contributed by atoms with van der Waals surface area (Å²) in [6.45, 7) is 9.21. The number of fused-ring (bicyclic) bond motifs is 3. The Balaban J connectivity index is 1.44. The molecule has 1 aromatic carbocycles. The first-order valence-corrected chi connectivity index (χ1v) is 14.2. The number of likely N-dealkylation sites (N-methyl/N-ethyl adjacent to an activating group) is 1. The number of benzene rings is 1. The molecule has 0 saturated carbocycles. The third kappa shape index (κ3) is 4.32. The Bertz CT molecular complexity index is 1280. The highest BCUT2D eigenvalue weighted by Crippen LogP contribution is 2.39. The Morgan fingerprint density at radius 1 is 1.03 bits per heavy atom. The Labute approximate surface area is 204 Å². The van der Waals surface area contributed by atoms with E-state index in [1.165, 1.54) is 39.0 Å². The van der Waals surface area contributed by atoms with Crippen LogP contribution in [0.1, 0.15) is 36.5 Å². The van der Waals surface area contributed by atoms with Crippen LogP contribution in [-0.2, 0) is 29.4 Å². The van der Waals surface area contributed by atoms with E-state index in [0.29, 0.717) is 26.2 Å². The predicted molar refractivity (Wildman–Crippen MR) is 133 cm³/mol. The lowest BCUT2D eigenvalue weighted by molar-refractivity contribution is 0.272. The molecule has 1 saturated heterocycles. The molecule has 0 spiro atoms. The lowest BCUT2D eigenvalue weighted by Gasteiger charge is -2.35. The van der Waals surface area contributed by atoms with Crippen molar-refractivity contribution in [3.05, 3.63) is 46.3 Å². The van der Waals surface area contributed by atoms with E-state index < -0.39 is 15.8 Å². The summed E-state index contributed by atoms with van der Waals surface area (Å²) < 4.78 is 40.9. The number of anilines is 1. The normalized spacial score (nSPS) is 17.9. The molecule has 2 aromatic heterocycles. The lowest BCUT2D eigenvalue weighted by Crippen LogP contribution is -2.49. The van der Waals surface area contributed by atoms with E-state index >= 15 is 0 Å². The van der Waals surface area contributed by atoms with Gasteiger partial charge in [-0.15, -0.1) is 11.3 Å². The molecule has 2 aliphatic heterocycles. The van der Waals surface area contributed by atoms with E-state index in [1.807, 2.05) is 0 Å². The lowest BCUT2D eigenvalue weighted by atomic mass is 10.0. The molecule has 7 nitrogen and oxygen atoms in total. The molecule has 0 unspecified atom stereocenters. The zero-order valence-corrected chi connectivity index (χ0v) is 21.3. The maximum atomic E-state index is 13.3. The fourth-order valence-corrected chi connectivity index (χ4v) is 7.50. The van der Waals surface area contributed by atoms with Crippen molar-refractivity contribution in [1.29, 1.82) is 0 Å². The van der Waals surface area contributed by atoms with Crippen LogP contribution in [0.2, 0.25) is 0 Å². The summed E-state index contributed by atoms with van der Waals surface area (Å²) in [6, 6.07) is 5.04. The minimum atomic E-state index is -3.65. The van der Waals surface area contributed by atoms with E-state index in [-0.39, 0.29) is 4.90 Å². The smallest absolute Gasteiger partial charge is 0.243 e. The van der Waals surface area contributed by atoms with Gasteiger partial charge in [0.05, 0.1) is 10.3 Å². The molecule has 1 fully saturated rings. The van der Waals surface area contributed by atoms with Crippen molar-refractivity contribution >= 4 is 37.4 Å². The fraction of sp³-hybridized carbons (Fsp3) is 0.500. The van der Waals surface area contributed by atoms with Crippen molar-refractivity contribution < 1.29 is 12.8 Å². The van der Waals surface area contributed by atoms with Crippen LogP contribution in [-0.4, -0.2) is 66.9 Å². The first-order chi connectivity index (χ1) is 16.4. The van der Waals surface area contributed by atoms with Gasteiger partial charge in [0.15, 0.2) is 0 Å². The second-order valence-corrected chi connectivity index (χ2v) is 11.9. The number of halogens is 1. The summed E-state index contributed by atoms with van der Waals surface area (Å²) in [4.78, 5) is 17.1. The van der Waals surface area contributed by atoms with Crippen LogP contribution < -0.4 is 4.90 Å². The van der Waals surface area contributed by atoms with Gasteiger partial charge < -0.3 is 4.90 Å². The summed E-state index contributed by atoms with van der Waals surface area (Å²) in [6.07, 6.45) is 2.79. The molecule has 0 N–H and O–H groups in total. The maximum Gasteiger partial charge on any atom is 0.243 e. The molecule has 10 heteroatoms. The van der Waals surface area contributed by atoms with Crippen LogP contribution in [0.4, 0.5) is 10.2 Å². The molecular formula is C24H30FN5O2S2. The molecule has 3 aromatic rings. The monoisotopic (exact) mass is 503 g/mol. The summed E-state index contributed by atoms with van der Waals surface area (Å²) in [5.74, 6) is 1.37. The summed E-state index contributed by atoms with van der Waals surface area (Å²) in [5.41, 5.74) is 1.36. The number of hydrogen-bond acceptors (Lipinski definition) is 7. The van der Waals surface area contributed by atoms with Gasteiger partial charge in [-0.1, -0.05) is 13.8 Å². The summed E-state index contributed by atoms with van der Waals surface area (Å²) >= 11 is 1.78. The SMILES string of the molecule is CCCc1nc(N2CCN(S(=O)(=O)c3ccc(F)cc3)CC2)c2c3c(sc2n1)CN(CC)CC3. The molecule has 0 bridgehead atoms. The van der Waals surface area contributed by atoms with E-state index in [1.54, 1.807) is 11.3 Å². The minimum absolute atomic E-state index is 0.129. The Hall–Kier alpha value is -2.14. The number of hydrogen-bond donors (Lipinski definition) is 0. The zero-order chi connectivity index (χ0) is 23.9. The second-order valence-electron chi connectivity index (χ2n) is 8.86. The van der Waals surface area contributed by atoms with Crippen molar-refractivity contribution in [3.63, 3.8) is 0 Å². The van der Waals surface area contributed by atoms with E-state index in [4.69, 9.17) is 9.97 Å². The second kappa shape index (κ2) is 9.49. The Morgan fingerprint density at radius 2 is 1.76 bits per heavy atom. The number of sulfonamides is 1. The fourth-order valence-electron chi connectivity index (χ4n) is 4.80. The molecule has 0 aliphatic carbocycles. The van der Waals surface area contributed by atoms with Gasteiger partial charge in [0.25, 0.3) is 0 Å². The van der Waals surface area contributed by atoms with Gasteiger partial charge in [0, 0.05) is 50.6 Å².